The summed E-state index contributed by atoms with van der Waals surface area (Å²) < 4.78 is 0. The second-order valence-corrected chi connectivity index (χ2v) is 5.97. The van der Waals surface area contributed by atoms with Crippen LogP contribution < -0.4 is 5.32 Å². The van der Waals surface area contributed by atoms with Crippen molar-refractivity contribution < 1.29 is 0 Å². The number of piperazine rings is 1. The van der Waals surface area contributed by atoms with Crippen molar-refractivity contribution in [3.63, 3.8) is 0 Å². The molecule has 1 aromatic carbocycles. The van der Waals surface area contributed by atoms with Crippen molar-refractivity contribution in [2.24, 2.45) is 0 Å². The molecule has 4 nitrogen and oxygen atoms in total. The number of benzene rings is 1. The van der Waals surface area contributed by atoms with Gasteiger partial charge in [-0.05, 0) is 23.3 Å². The van der Waals surface area contributed by atoms with Crippen molar-refractivity contribution in [3.8, 4) is 0 Å². The van der Waals surface area contributed by atoms with Crippen LogP contribution in [0.25, 0.3) is 10.9 Å². The first kappa shape index (κ1) is 14.3. The van der Waals surface area contributed by atoms with Crippen molar-refractivity contribution >= 4 is 10.9 Å². The lowest BCUT2D eigenvalue weighted by atomic mass is 10.0. The molecule has 0 saturated carbocycles. The number of para-hydroxylation sites is 1. The Morgan fingerprint density at radius 2 is 2.00 bits per heavy atom. The number of nitrogens with zero attached hydrogens (tertiary/aromatic N) is 3. The molecule has 0 aliphatic carbocycles. The number of rotatable bonds is 3. The third kappa shape index (κ3) is 2.96. The molecule has 3 heterocycles. The molecule has 4 rings (SSSR count). The Labute approximate surface area is 136 Å². The second-order valence-electron chi connectivity index (χ2n) is 5.97. The number of hydrogen-bond acceptors (Lipinski definition) is 4. The molecule has 2 aromatic heterocycles. The molecule has 23 heavy (non-hydrogen) atoms. The minimum Gasteiger partial charge on any atom is -0.314 e. The normalized spacial score (nSPS) is 19.0. The van der Waals surface area contributed by atoms with Crippen molar-refractivity contribution in [1.29, 1.82) is 0 Å². The van der Waals surface area contributed by atoms with Gasteiger partial charge in [-0.3, -0.25) is 14.9 Å². The molecule has 1 fully saturated rings. The topological polar surface area (TPSA) is 41.1 Å². The van der Waals surface area contributed by atoms with E-state index < -0.39 is 0 Å². The molecule has 116 valence electrons. The minimum atomic E-state index is 0.358. The highest BCUT2D eigenvalue weighted by Gasteiger charge is 2.24. The molecule has 4 heteroatoms. The summed E-state index contributed by atoms with van der Waals surface area (Å²) in [6.45, 7) is 3.93. The highest BCUT2D eigenvalue weighted by Crippen LogP contribution is 2.25. The predicted molar refractivity (Wildman–Crippen MR) is 92.0 cm³/mol. The Balaban J connectivity index is 1.65. The number of pyridine rings is 2. The quantitative estimate of drug-likeness (QED) is 0.808. The van der Waals surface area contributed by atoms with Crippen LogP contribution in [-0.2, 0) is 6.54 Å². The summed E-state index contributed by atoms with van der Waals surface area (Å²) >= 11 is 0. The maximum Gasteiger partial charge on any atom is 0.0746 e. The molecular weight excluding hydrogens is 284 g/mol. The number of nitrogens with one attached hydrogen (secondary N) is 1. The Morgan fingerprint density at radius 3 is 2.91 bits per heavy atom. The average Bonchev–Trinajstić information content (AvgIpc) is 2.63. The molecule has 0 radical (unpaired) electrons. The van der Waals surface area contributed by atoms with Gasteiger partial charge in [0.05, 0.1) is 5.52 Å². The van der Waals surface area contributed by atoms with Gasteiger partial charge in [0.25, 0.3) is 0 Å². The Morgan fingerprint density at radius 1 is 1.09 bits per heavy atom. The van der Waals surface area contributed by atoms with Crippen LogP contribution in [0.5, 0.6) is 0 Å². The highest BCUT2D eigenvalue weighted by atomic mass is 15.2. The number of fused-ring (bicyclic) bond motifs is 1. The van der Waals surface area contributed by atoms with Gasteiger partial charge in [-0.2, -0.15) is 0 Å². The van der Waals surface area contributed by atoms with Crippen LogP contribution in [0.1, 0.15) is 17.2 Å². The molecule has 1 atom stereocenters. The van der Waals surface area contributed by atoms with E-state index in [1.165, 1.54) is 16.5 Å². The number of aromatic nitrogens is 2. The molecule has 0 spiro atoms. The second kappa shape index (κ2) is 6.44. The van der Waals surface area contributed by atoms with Crippen molar-refractivity contribution in [2.75, 3.05) is 19.6 Å². The van der Waals surface area contributed by atoms with Gasteiger partial charge in [-0.1, -0.05) is 30.3 Å². The fraction of sp³-hybridized carbons (Fsp3) is 0.263. The van der Waals surface area contributed by atoms with Gasteiger partial charge >= 0.3 is 0 Å². The zero-order valence-corrected chi connectivity index (χ0v) is 13.0. The highest BCUT2D eigenvalue weighted by molar-refractivity contribution is 5.81. The van der Waals surface area contributed by atoms with Crippen LogP contribution in [0.3, 0.4) is 0 Å². The molecule has 1 N–H and O–H groups in total. The van der Waals surface area contributed by atoms with Crippen molar-refractivity contribution in [3.05, 3.63) is 72.2 Å². The van der Waals surface area contributed by atoms with Crippen molar-refractivity contribution in [2.45, 2.75) is 12.6 Å². The van der Waals surface area contributed by atoms with E-state index in [4.69, 9.17) is 0 Å². The summed E-state index contributed by atoms with van der Waals surface area (Å²) in [4.78, 5) is 11.4. The van der Waals surface area contributed by atoms with E-state index in [1.807, 2.05) is 30.7 Å². The van der Waals surface area contributed by atoms with Crippen LogP contribution in [0.2, 0.25) is 0 Å². The van der Waals surface area contributed by atoms with Crippen molar-refractivity contribution in [1.82, 2.24) is 20.2 Å². The van der Waals surface area contributed by atoms with Gasteiger partial charge in [0.2, 0.25) is 0 Å². The van der Waals surface area contributed by atoms with E-state index in [9.17, 15) is 0 Å². The van der Waals surface area contributed by atoms with E-state index in [-0.39, 0.29) is 0 Å². The first-order valence-corrected chi connectivity index (χ1v) is 8.09. The zero-order valence-electron chi connectivity index (χ0n) is 13.0. The maximum atomic E-state index is 4.59. The van der Waals surface area contributed by atoms with E-state index in [2.05, 4.69) is 50.5 Å². The summed E-state index contributed by atoms with van der Waals surface area (Å²) in [6.07, 6.45) is 5.69. The summed E-state index contributed by atoms with van der Waals surface area (Å²) in [5.74, 6) is 0. The largest absolute Gasteiger partial charge is 0.314 e. The van der Waals surface area contributed by atoms with Gasteiger partial charge in [0.1, 0.15) is 0 Å². The third-order valence-corrected chi connectivity index (χ3v) is 4.51. The van der Waals surface area contributed by atoms with Gasteiger partial charge in [0, 0.05) is 56.2 Å². The van der Waals surface area contributed by atoms with Crippen LogP contribution in [0.15, 0.2) is 61.1 Å². The number of hydrogen-bond donors (Lipinski definition) is 1. The minimum absolute atomic E-state index is 0.358. The molecule has 3 aromatic rings. The van der Waals surface area contributed by atoms with Crippen LogP contribution in [-0.4, -0.2) is 34.5 Å². The Kier molecular flexibility index (Phi) is 4.01. The first-order valence-electron chi connectivity index (χ1n) is 8.09. The standard InChI is InChI=1S/C19H20N4/c1-4-15-6-3-9-22-19(15)17(5-1)14-23-11-10-21-13-18(23)16-7-2-8-20-12-16/h1-9,12,18,21H,10-11,13-14H2. The average molecular weight is 304 g/mol. The lowest BCUT2D eigenvalue weighted by molar-refractivity contribution is 0.154. The van der Waals surface area contributed by atoms with Gasteiger partial charge in [-0.15, -0.1) is 0 Å². The molecule has 0 bridgehead atoms. The lowest BCUT2D eigenvalue weighted by Gasteiger charge is -2.36. The van der Waals surface area contributed by atoms with Gasteiger partial charge in [0.15, 0.2) is 0 Å². The lowest BCUT2D eigenvalue weighted by Crippen LogP contribution is -2.45. The van der Waals surface area contributed by atoms with Gasteiger partial charge in [-0.25, -0.2) is 0 Å². The van der Waals surface area contributed by atoms with Gasteiger partial charge < -0.3 is 5.32 Å². The smallest absolute Gasteiger partial charge is 0.0746 e. The summed E-state index contributed by atoms with van der Waals surface area (Å²) in [5, 5.41) is 4.71. The third-order valence-electron chi connectivity index (χ3n) is 4.51. The van der Waals surface area contributed by atoms with Crippen LogP contribution in [0, 0.1) is 0 Å². The molecule has 1 unspecified atom stereocenters. The van der Waals surface area contributed by atoms with E-state index in [1.54, 1.807) is 0 Å². The zero-order chi connectivity index (χ0) is 15.5. The van der Waals surface area contributed by atoms with E-state index in [0.717, 1.165) is 31.7 Å². The molecular formula is C19H20N4. The summed E-state index contributed by atoms with van der Waals surface area (Å²) in [5.41, 5.74) is 3.67. The van der Waals surface area contributed by atoms with E-state index in [0.29, 0.717) is 6.04 Å². The molecule has 1 aliphatic heterocycles. The van der Waals surface area contributed by atoms with Crippen LogP contribution in [0.4, 0.5) is 0 Å². The molecule has 1 aliphatic rings. The monoisotopic (exact) mass is 304 g/mol. The Bertz CT molecular complexity index is 782. The SMILES string of the molecule is c1cncc(C2CNCCN2Cc2cccc3cccnc23)c1. The first-order chi connectivity index (χ1) is 11.4. The summed E-state index contributed by atoms with van der Waals surface area (Å²) in [7, 11) is 0. The molecule has 0 amide bonds. The Hall–Kier alpha value is -2.30. The predicted octanol–water partition coefficient (Wildman–Crippen LogP) is 2.78. The van der Waals surface area contributed by atoms with E-state index >= 15 is 0 Å². The maximum absolute atomic E-state index is 4.59. The fourth-order valence-electron chi connectivity index (χ4n) is 3.35. The summed E-state index contributed by atoms with van der Waals surface area (Å²) in [6, 6.07) is 15.1. The van der Waals surface area contributed by atoms with Crippen LogP contribution >= 0.6 is 0 Å². The molecule has 1 saturated heterocycles. The fourth-order valence-corrected chi connectivity index (χ4v) is 3.35.